The van der Waals surface area contributed by atoms with Crippen LogP contribution in [0.15, 0.2) is 33.4 Å². The molecule has 0 amide bonds. The number of alkyl halides is 1. The first-order valence-electron chi connectivity index (χ1n) is 6.53. The maximum atomic E-state index is 13.7. The van der Waals surface area contributed by atoms with Crippen LogP contribution in [0.5, 0.6) is 0 Å². The molecule has 21 heavy (non-hydrogen) atoms. The van der Waals surface area contributed by atoms with Gasteiger partial charge >= 0.3 is 0 Å². The molecule has 3 aromatic rings. The van der Waals surface area contributed by atoms with Gasteiger partial charge in [0.15, 0.2) is 0 Å². The van der Waals surface area contributed by atoms with Crippen LogP contribution in [0, 0.1) is 5.82 Å². The number of benzene rings is 1. The van der Waals surface area contributed by atoms with Gasteiger partial charge in [0.25, 0.3) is 0 Å². The fourth-order valence-electron chi connectivity index (χ4n) is 2.57. The molecule has 2 heterocycles. The molecular formula is C15H13BrClFN2S. The Morgan fingerprint density at radius 2 is 2.29 bits per heavy atom. The molecule has 0 aliphatic rings. The summed E-state index contributed by atoms with van der Waals surface area (Å²) in [4.78, 5) is 4.46. The summed E-state index contributed by atoms with van der Waals surface area (Å²) >= 11 is 11.0. The smallest absolute Gasteiger partial charge is 0.139 e. The van der Waals surface area contributed by atoms with Gasteiger partial charge in [-0.2, -0.15) is 11.3 Å². The lowest BCUT2D eigenvalue weighted by molar-refractivity contribution is 0.544. The fourth-order valence-corrected chi connectivity index (χ4v) is 3.77. The first kappa shape index (κ1) is 15.0. The fraction of sp³-hybridized carbons (Fsp3) is 0.267. The van der Waals surface area contributed by atoms with Gasteiger partial charge in [-0.05, 0) is 57.7 Å². The molecule has 0 bridgehead atoms. The highest BCUT2D eigenvalue weighted by Crippen LogP contribution is 2.29. The summed E-state index contributed by atoms with van der Waals surface area (Å²) in [5, 5.41) is 4.22. The van der Waals surface area contributed by atoms with Crippen LogP contribution in [0.4, 0.5) is 4.39 Å². The van der Waals surface area contributed by atoms with E-state index < -0.39 is 0 Å². The zero-order valence-electron chi connectivity index (χ0n) is 11.3. The summed E-state index contributed by atoms with van der Waals surface area (Å²) in [5.41, 5.74) is 2.83. The number of aromatic nitrogens is 2. The molecule has 2 nitrogen and oxygen atoms in total. The van der Waals surface area contributed by atoms with Crippen molar-refractivity contribution in [1.82, 2.24) is 9.55 Å². The van der Waals surface area contributed by atoms with Crippen LogP contribution < -0.4 is 0 Å². The number of halogens is 3. The Labute approximate surface area is 139 Å². The van der Waals surface area contributed by atoms with E-state index in [4.69, 9.17) is 11.6 Å². The molecule has 1 unspecified atom stereocenters. The van der Waals surface area contributed by atoms with E-state index in [1.54, 1.807) is 17.4 Å². The Kier molecular flexibility index (Phi) is 4.33. The molecule has 1 atom stereocenters. The lowest BCUT2D eigenvalue weighted by Crippen LogP contribution is -2.11. The monoisotopic (exact) mass is 386 g/mol. The summed E-state index contributed by atoms with van der Waals surface area (Å²) in [6.07, 6.45) is 0.897. The van der Waals surface area contributed by atoms with E-state index >= 15 is 0 Å². The molecule has 0 saturated carbocycles. The van der Waals surface area contributed by atoms with Crippen molar-refractivity contribution in [3.63, 3.8) is 0 Å². The second kappa shape index (κ2) is 6.07. The first-order valence-corrected chi connectivity index (χ1v) is 8.80. The molecule has 0 fully saturated rings. The van der Waals surface area contributed by atoms with Gasteiger partial charge in [0.05, 0.1) is 21.4 Å². The highest BCUT2D eigenvalue weighted by atomic mass is 79.9. The first-order chi connectivity index (χ1) is 10.1. The van der Waals surface area contributed by atoms with Crippen molar-refractivity contribution in [2.45, 2.75) is 25.3 Å². The molecular weight excluding hydrogens is 375 g/mol. The van der Waals surface area contributed by atoms with Gasteiger partial charge in [-0.3, -0.25) is 0 Å². The number of rotatable bonds is 4. The molecule has 0 N–H and O–H groups in total. The molecule has 0 aliphatic carbocycles. The van der Waals surface area contributed by atoms with Gasteiger partial charge < -0.3 is 4.57 Å². The Bertz CT molecular complexity index is 770. The van der Waals surface area contributed by atoms with Crippen LogP contribution >= 0.6 is 38.9 Å². The Hall–Kier alpha value is -0.910. The second-order valence-corrected chi connectivity index (χ2v) is 6.87. The number of thiophene rings is 1. The van der Waals surface area contributed by atoms with Gasteiger partial charge in [-0.1, -0.05) is 0 Å². The number of imidazole rings is 1. The van der Waals surface area contributed by atoms with Gasteiger partial charge in [-0.15, -0.1) is 11.6 Å². The summed E-state index contributed by atoms with van der Waals surface area (Å²) in [7, 11) is 0. The Morgan fingerprint density at radius 3 is 2.95 bits per heavy atom. The zero-order chi connectivity index (χ0) is 15.0. The molecule has 3 rings (SSSR count). The standard InChI is InChI=1S/C15H13BrClFN2S/c1-9(4-10-2-3-21-8-10)20-14-5-11(16)12(18)6-13(14)19-15(20)7-17/h2-3,5-6,8-9H,4,7H2,1H3. The van der Waals surface area contributed by atoms with E-state index in [1.807, 2.05) is 0 Å². The van der Waals surface area contributed by atoms with Crippen molar-refractivity contribution in [3.8, 4) is 0 Å². The van der Waals surface area contributed by atoms with E-state index in [0.717, 1.165) is 17.8 Å². The highest BCUT2D eigenvalue weighted by molar-refractivity contribution is 9.10. The predicted octanol–water partition coefficient (Wildman–Crippen LogP) is 5.54. The Morgan fingerprint density at radius 1 is 1.48 bits per heavy atom. The minimum absolute atomic E-state index is 0.204. The maximum absolute atomic E-state index is 13.7. The van der Waals surface area contributed by atoms with E-state index in [2.05, 4.69) is 49.2 Å². The highest BCUT2D eigenvalue weighted by Gasteiger charge is 2.17. The minimum Gasteiger partial charge on any atom is -0.324 e. The summed E-state index contributed by atoms with van der Waals surface area (Å²) < 4.78 is 16.2. The van der Waals surface area contributed by atoms with Crippen molar-refractivity contribution >= 4 is 49.9 Å². The second-order valence-electron chi connectivity index (χ2n) is 4.97. The zero-order valence-corrected chi connectivity index (χ0v) is 14.5. The average Bonchev–Trinajstić information content (AvgIpc) is 3.06. The molecule has 2 aromatic heterocycles. The molecule has 0 saturated heterocycles. The summed E-state index contributed by atoms with van der Waals surface area (Å²) in [6.45, 7) is 2.13. The van der Waals surface area contributed by atoms with E-state index in [1.165, 1.54) is 11.6 Å². The third-order valence-corrected chi connectivity index (χ3v) is 5.05. The lowest BCUT2D eigenvalue weighted by atomic mass is 10.1. The van der Waals surface area contributed by atoms with Crippen LogP contribution in [-0.4, -0.2) is 9.55 Å². The van der Waals surface area contributed by atoms with Gasteiger partial charge in [0.1, 0.15) is 11.6 Å². The van der Waals surface area contributed by atoms with E-state index in [0.29, 0.717) is 15.9 Å². The third kappa shape index (κ3) is 2.87. The van der Waals surface area contributed by atoms with Crippen molar-refractivity contribution in [2.75, 3.05) is 0 Å². The largest absolute Gasteiger partial charge is 0.324 e. The van der Waals surface area contributed by atoms with Crippen LogP contribution in [0.25, 0.3) is 11.0 Å². The van der Waals surface area contributed by atoms with Crippen molar-refractivity contribution in [2.24, 2.45) is 0 Å². The Balaban J connectivity index is 2.09. The van der Waals surface area contributed by atoms with Crippen LogP contribution in [0.3, 0.4) is 0 Å². The maximum Gasteiger partial charge on any atom is 0.139 e. The average molecular weight is 388 g/mol. The van der Waals surface area contributed by atoms with Crippen LogP contribution in [-0.2, 0) is 12.3 Å². The summed E-state index contributed by atoms with van der Waals surface area (Å²) in [6, 6.07) is 5.55. The van der Waals surface area contributed by atoms with E-state index in [9.17, 15) is 4.39 Å². The van der Waals surface area contributed by atoms with Crippen molar-refractivity contribution in [3.05, 3.63) is 50.6 Å². The quantitative estimate of drug-likeness (QED) is 0.537. The molecule has 1 aromatic carbocycles. The number of hydrogen-bond donors (Lipinski definition) is 0. The number of fused-ring (bicyclic) bond motifs is 1. The topological polar surface area (TPSA) is 17.8 Å². The predicted molar refractivity (Wildman–Crippen MR) is 89.7 cm³/mol. The van der Waals surface area contributed by atoms with Crippen molar-refractivity contribution < 1.29 is 4.39 Å². The van der Waals surface area contributed by atoms with Gasteiger partial charge in [-0.25, -0.2) is 9.37 Å². The molecule has 0 spiro atoms. The van der Waals surface area contributed by atoms with Gasteiger partial charge in [0.2, 0.25) is 0 Å². The molecule has 110 valence electrons. The van der Waals surface area contributed by atoms with Gasteiger partial charge in [0, 0.05) is 12.1 Å². The van der Waals surface area contributed by atoms with Crippen LogP contribution in [0.1, 0.15) is 24.4 Å². The molecule has 6 heteroatoms. The number of nitrogens with zero attached hydrogens (tertiary/aromatic N) is 2. The summed E-state index contributed by atoms with van der Waals surface area (Å²) in [5.74, 6) is 0.771. The molecule has 0 radical (unpaired) electrons. The lowest BCUT2D eigenvalue weighted by Gasteiger charge is -2.16. The minimum atomic E-state index is -0.307. The molecule has 0 aliphatic heterocycles. The SMILES string of the molecule is CC(Cc1ccsc1)n1c(CCl)nc2cc(F)c(Br)cc21. The van der Waals surface area contributed by atoms with E-state index in [-0.39, 0.29) is 11.9 Å². The van der Waals surface area contributed by atoms with Crippen molar-refractivity contribution in [1.29, 1.82) is 0 Å². The number of hydrogen-bond acceptors (Lipinski definition) is 2. The normalized spacial score (nSPS) is 13.0. The van der Waals surface area contributed by atoms with Crippen LogP contribution in [0.2, 0.25) is 0 Å². The third-order valence-electron chi connectivity index (χ3n) is 3.48.